The van der Waals surface area contributed by atoms with Crippen molar-refractivity contribution in [1.29, 1.82) is 0 Å². The van der Waals surface area contributed by atoms with Crippen LogP contribution < -0.4 is 10.2 Å². The molecule has 2 aromatic rings. The molecule has 1 aliphatic heterocycles. The molecule has 9 heteroatoms. The van der Waals surface area contributed by atoms with Crippen molar-refractivity contribution in [3.8, 4) is 0 Å². The fraction of sp³-hybridized carbons (Fsp3) is 0.435. The fourth-order valence-corrected chi connectivity index (χ4v) is 4.75. The van der Waals surface area contributed by atoms with Gasteiger partial charge in [-0.1, -0.05) is 54.2 Å². The normalized spacial score (nSPS) is 18.8. The molecule has 0 radical (unpaired) electrons. The van der Waals surface area contributed by atoms with Crippen LogP contribution in [0.4, 0.5) is 18.9 Å². The zero-order valence-electron chi connectivity index (χ0n) is 17.5. The summed E-state index contributed by atoms with van der Waals surface area (Å²) in [5, 5.41) is 3.55. The summed E-state index contributed by atoms with van der Waals surface area (Å²) >= 11 is 18.4. The first-order chi connectivity index (χ1) is 15.1. The van der Waals surface area contributed by atoms with Gasteiger partial charge in [0.05, 0.1) is 0 Å². The first-order valence-corrected chi connectivity index (χ1v) is 11.5. The molecular weight excluding hydrogens is 484 g/mol. The van der Waals surface area contributed by atoms with E-state index in [0.717, 1.165) is 12.8 Å². The van der Waals surface area contributed by atoms with E-state index in [0.29, 0.717) is 22.7 Å². The largest absolute Gasteiger partial charge is 0.400 e. The van der Waals surface area contributed by atoms with Gasteiger partial charge in [0, 0.05) is 46.8 Å². The number of unbranched alkanes of at least 4 members (excludes halogenated alkanes) is 1. The number of carbonyl (C=O) groups is 1. The monoisotopic (exact) mass is 506 g/mol. The molecule has 1 unspecified atom stereocenters. The Kier molecular flexibility index (Phi) is 7.89. The molecule has 0 aromatic heterocycles. The van der Waals surface area contributed by atoms with E-state index in [-0.39, 0.29) is 47.6 Å². The number of carbonyl (C=O) groups excluding carboxylic acids is 1. The summed E-state index contributed by atoms with van der Waals surface area (Å²) in [5.74, 6) is -0.0540. The Morgan fingerprint density at radius 2 is 1.81 bits per heavy atom. The molecule has 2 aromatic carbocycles. The summed E-state index contributed by atoms with van der Waals surface area (Å²) in [6, 6.07) is 9.21. The Balaban J connectivity index is 1.79. The van der Waals surface area contributed by atoms with Crippen LogP contribution in [0, 0.1) is 0 Å². The number of halogens is 6. The van der Waals surface area contributed by atoms with Crippen LogP contribution in [-0.4, -0.2) is 25.2 Å². The average molecular weight is 508 g/mol. The van der Waals surface area contributed by atoms with Gasteiger partial charge < -0.3 is 10.2 Å². The summed E-state index contributed by atoms with van der Waals surface area (Å²) in [6.45, 7) is 2.22. The summed E-state index contributed by atoms with van der Waals surface area (Å²) in [5.41, 5.74) is -0.721. The second-order valence-electron chi connectivity index (χ2n) is 8.07. The average Bonchev–Trinajstić information content (AvgIpc) is 3.17. The van der Waals surface area contributed by atoms with E-state index in [9.17, 15) is 18.0 Å². The Hall–Kier alpha value is -1.63. The molecule has 1 amide bonds. The molecular formula is C23H24Cl3F3N2O. The van der Waals surface area contributed by atoms with Crippen LogP contribution >= 0.6 is 34.8 Å². The second-order valence-corrected chi connectivity index (χ2v) is 9.35. The number of amides is 1. The van der Waals surface area contributed by atoms with E-state index < -0.39 is 11.6 Å². The highest BCUT2D eigenvalue weighted by Gasteiger charge is 2.59. The molecule has 3 nitrogen and oxygen atoms in total. The van der Waals surface area contributed by atoms with Gasteiger partial charge in [-0.2, -0.15) is 13.2 Å². The van der Waals surface area contributed by atoms with Gasteiger partial charge in [-0.3, -0.25) is 4.79 Å². The lowest BCUT2D eigenvalue weighted by atomic mass is 9.79. The number of rotatable bonds is 7. The molecule has 1 N–H and O–H groups in total. The van der Waals surface area contributed by atoms with Crippen molar-refractivity contribution in [2.75, 3.05) is 18.0 Å². The highest BCUT2D eigenvalue weighted by atomic mass is 35.5. The second kappa shape index (κ2) is 10.1. The predicted octanol–water partition coefficient (Wildman–Crippen LogP) is 7.16. The molecule has 0 spiro atoms. The zero-order chi connectivity index (χ0) is 23.5. The van der Waals surface area contributed by atoms with Gasteiger partial charge in [-0.15, -0.1) is 0 Å². The fourth-order valence-electron chi connectivity index (χ4n) is 3.99. The minimum atomic E-state index is -4.48. The third-order valence-electron chi connectivity index (χ3n) is 5.86. The lowest BCUT2D eigenvalue weighted by Crippen LogP contribution is -2.44. The van der Waals surface area contributed by atoms with Crippen LogP contribution in [0.2, 0.25) is 15.1 Å². The van der Waals surface area contributed by atoms with E-state index in [4.69, 9.17) is 34.8 Å². The Labute approximate surface area is 200 Å². The maximum atomic E-state index is 14.3. The van der Waals surface area contributed by atoms with E-state index in [1.807, 2.05) is 6.92 Å². The highest BCUT2D eigenvalue weighted by Crippen LogP contribution is 2.49. The Morgan fingerprint density at radius 3 is 2.41 bits per heavy atom. The number of hydrogen-bond acceptors (Lipinski definition) is 2. The van der Waals surface area contributed by atoms with Gasteiger partial charge in [-0.25, -0.2) is 0 Å². The highest BCUT2D eigenvalue weighted by molar-refractivity contribution is 6.34. The third-order valence-corrected chi connectivity index (χ3v) is 6.65. The van der Waals surface area contributed by atoms with Crippen LogP contribution in [0.25, 0.3) is 0 Å². The van der Waals surface area contributed by atoms with Crippen molar-refractivity contribution in [3.05, 3.63) is 62.6 Å². The van der Waals surface area contributed by atoms with Crippen LogP contribution in [0.5, 0.6) is 0 Å². The van der Waals surface area contributed by atoms with Crippen molar-refractivity contribution < 1.29 is 18.0 Å². The quantitative estimate of drug-likeness (QED) is 0.431. The number of alkyl halides is 3. The number of nitrogens with zero attached hydrogens (tertiary/aromatic N) is 1. The molecule has 0 bridgehead atoms. The van der Waals surface area contributed by atoms with Crippen LogP contribution in [0.15, 0.2) is 36.4 Å². The van der Waals surface area contributed by atoms with Gasteiger partial charge >= 0.3 is 6.18 Å². The van der Waals surface area contributed by atoms with Crippen molar-refractivity contribution in [3.63, 3.8) is 0 Å². The lowest BCUT2D eigenvalue weighted by Gasteiger charge is -2.33. The SMILES string of the molecule is CCCCC(=O)NCc1ccc(N2CCC(c3cc(Cl)cc(Cl)c3)(C(F)(F)F)C2)cc1Cl. The third kappa shape index (κ3) is 5.46. The molecule has 1 atom stereocenters. The summed E-state index contributed by atoms with van der Waals surface area (Å²) < 4.78 is 42.8. The first-order valence-electron chi connectivity index (χ1n) is 10.4. The predicted molar refractivity (Wildman–Crippen MR) is 124 cm³/mol. The minimum Gasteiger partial charge on any atom is -0.370 e. The summed E-state index contributed by atoms with van der Waals surface area (Å²) in [4.78, 5) is 13.5. The summed E-state index contributed by atoms with van der Waals surface area (Å²) in [6.07, 6.45) is -2.42. The first kappa shape index (κ1) is 25.0. The molecule has 0 saturated carbocycles. The van der Waals surface area contributed by atoms with Gasteiger partial charge in [0.15, 0.2) is 0 Å². The van der Waals surface area contributed by atoms with Gasteiger partial charge in [-0.05, 0) is 54.3 Å². The number of nitrogens with one attached hydrogen (secondary N) is 1. The van der Waals surface area contributed by atoms with E-state index in [2.05, 4.69) is 5.32 Å². The molecule has 1 aliphatic rings. The van der Waals surface area contributed by atoms with Crippen molar-refractivity contribution in [2.45, 2.75) is 50.7 Å². The maximum Gasteiger partial charge on any atom is 0.400 e. The van der Waals surface area contributed by atoms with Crippen molar-refractivity contribution >= 4 is 46.4 Å². The molecule has 0 aliphatic carbocycles. The zero-order valence-corrected chi connectivity index (χ0v) is 19.8. The van der Waals surface area contributed by atoms with Gasteiger partial charge in [0.1, 0.15) is 5.41 Å². The van der Waals surface area contributed by atoms with Gasteiger partial charge in [0.2, 0.25) is 5.91 Å². The Morgan fingerprint density at radius 1 is 1.12 bits per heavy atom. The molecule has 1 saturated heterocycles. The number of benzene rings is 2. The van der Waals surface area contributed by atoms with E-state index in [1.165, 1.54) is 18.2 Å². The van der Waals surface area contributed by atoms with Crippen LogP contribution in [0.3, 0.4) is 0 Å². The number of hydrogen-bond donors (Lipinski definition) is 1. The maximum absolute atomic E-state index is 14.3. The molecule has 32 heavy (non-hydrogen) atoms. The molecule has 1 fully saturated rings. The van der Waals surface area contributed by atoms with Crippen molar-refractivity contribution in [1.82, 2.24) is 5.32 Å². The Bertz CT molecular complexity index is 963. The lowest BCUT2D eigenvalue weighted by molar-refractivity contribution is -0.184. The van der Waals surface area contributed by atoms with Crippen LogP contribution in [-0.2, 0) is 16.8 Å². The van der Waals surface area contributed by atoms with E-state index >= 15 is 0 Å². The standard InChI is InChI=1S/C23H24Cl3F3N2O/c1-2-3-4-21(32)30-13-15-5-6-19(12-20(15)26)31-8-7-22(14-31,23(27,28)29)16-9-17(24)11-18(25)10-16/h5-6,9-12H,2-4,7-8,13-14H2,1H3,(H,30,32). The van der Waals surface area contributed by atoms with Crippen molar-refractivity contribution in [2.24, 2.45) is 0 Å². The molecule has 1 heterocycles. The molecule has 3 rings (SSSR count). The topological polar surface area (TPSA) is 32.3 Å². The van der Waals surface area contributed by atoms with Gasteiger partial charge in [0.25, 0.3) is 0 Å². The minimum absolute atomic E-state index is 0.0540. The molecule has 174 valence electrons. The smallest absolute Gasteiger partial charge is 0.370 e. The van der Waals surface area contributed by atoms with Crippen LogP contribution in [0.1, 0.15) is 43.7 Å². The summed E-state index contributed by atoms with van der Waals surface area (Å²) in [7, 11) is 0. The van der Waals surface area contributed by atoms with E-state index in [1.54, 1.807) is 23.1 Å². The number of anilines is 1.